The van der Waals surface area contributed by atoms with Gasteiger partial charge in [-0.3, -0.25) is 10.1 Å². The van der Waals surface area contributed by atoms with Crippen molar-refractivity contribution in [1.82, 2.24) is 5.32 Å². The summed E-state index contributed by atoms with van der Waals surface area (Å²) in [6.45, 7) is 0.140. The molecule has 1 aliphatic heterocycles. The number of hydrogen-bond acceptors (Lipinski definition) is 5. The highest BCUT2D eigenvalue weighted by Gasteiger charge is 2.17. The van der Waals surface area contributed by atoms with E-state index in [0.717, 1.165) is 10.8 Å². The quantitative estimate of drug-likeness (QED) is 0.477. The number of benzene rings is 3. The van der Waals surface area contributed by atoms with Crippen molar-refractivity contribution in [3.8, 4) is 17.2 Å². The highest BCUT2D eigenvalue weighted by atomic mass is 32.1. The van der Waals surface area contributed by atoms with Crippen molar-refractivity contribution in [2.45, 2.75) is 0 Å². The normalized spacial score (nSPS) is 12.0. The number of nitrogens with one attached hydrogen (secondary N) is 2. The summed E-state index contributed by atoms with van der Waals surface area (Å²) in [6, 6.07) is 15.8. The molecule has 0 unspecified atom stereocenters. The Bertz CT molecular complexity index is 1040. The Balaban J connectivity index is 1.53. The third kappa shape index (κ3) is 3.00. The number of carbonyl (C=O) groups is 1. The molecule has 3 aromatic carbocycles. The van der Waals surface area contributed by atoms with Gasteiger partial charge in [-0.15, -0.1) is 0 Å². The van der Waals surface area contributed by atoms with Crippen LogP contribution in [0, 0.1) is 0 Å². The van der Waals surface area contributed by atoms with E-state index in [9.17, 15) is 9.90 Å². The second-order valence-corrected chi connectivity index (χ2v) is 6.07. The van der Waals surface area contributed by atoms with Gasteiger partial charge in [-0.1, -0.05) is 30.3 Å². The molecule has 6 nitrogen and oxygen atoms in total. The fourth-order valence-corrected chi connectivity index (χ4v) is 2.94. The number of phenols is 1. The van der Waals surface area contributed by atoms with Crippen LogP contribution < -0.4 is 20.1 Å². The van der Waals surface area contributed by atoms with E-state index in [4.69, 9.17) is 21.7 Å². The molecule has 0 radical (unpaired) electrons. The zero-order valence-electron chi connectivity index (χ0n) is 13.5. The van der Waals surface area contributed by atoms with Crippen molar-refractivity contribution in [1.29, 1.82) is 0 Å². The van der Waals surface area contributed by atoms with Crippen molar-refractivity contribution < 1.29 is 19.4 Å². The minimum atomic E-state index is -0.388. The molecule has 7 heteroatoms. The maximum absolute atomic E-state index is 12.4. The molecule has 0 saturated heterocycles. The van der Waals surface area contributed by atoms with Crippen LogP contribution >= 0.6 is 12.2 Å². The minimum Gasteiger partial charge on any atom is -0.506 e. The number of amides is 1. The number of anilines is 1. The molecule has 1 amide bonds. The van der Waals surface area contributed by atoms with Gasteiger partial charge in [0.15, 0.2) is 16.6 Å². The lowest BCUT2D eigenvalue weighted by atomic mass is 10.1. The smallest absolute Gasteiger partial charge is 0.257 e. The van der Waals surface area contributed by atoms with Crippen molar-refractivity contribution >= 4 is 39.7 Å². The Morgan fingerprint density at radius 1 is 1.04 bits per heavy atom. The lowest BCUT2D eigenvalue weighted by Crippen LogP contribution is -2.34. The standard InChI is InChI=1S/C19H14N2O4S/c22-14-7-5-11-3-1-2-4-13(11)17(14)20-19(26)21-18(23)12-6-8-15-16(9-12)25-10-24-15/h1-9,22H,10H2,(H2,20,21,23,26). The van der Waals surface area contributed by atoms with Gasteiger partial charge in [0.05, 0.1) is 5.69 Å². The van der Waals surface area contributed by atoms with E-state index in [1.54, 1.807) is 24.3 Å². The number of carbonyl (C=O) groups excluding carboxylic acids is 1. The molecule has 1 aliphatic rings. The molecule has 0 fully saturated rings. The highest BCUT2D eigenvalue weighted by Crippen LogP contribution is 2.33. The summed E-state index contributed by atoms with van der Waals surface area (Å²) in [7, 11) is 0. The first-order chi connectivity index (χ1) is 12.6. The predicted octanol–water partition coefficient (Wildman–Crippen LogP) is 3.40. The van der Waals surface area contributed by atoms with Crippen molar-refractivity contribution in [2.75, 3.05) is 12.1 Å². The molecule has 3 N–H and O–H groups in total. The maximum atomic E-state index is 12.4. The Morgan fingerprint density at radius 2 is 1.85 bits per heavy atom. The van der Waals surface area contributed by atoms with E-state index in [-0.39, 0.29) is 23.6 Å². The van der Waals surface area contributed by atoms with Crippen LogP contribution in [0.15, 0.2) is 54.6 Å². The van der Waals surface area contributed by atoms with E-state index in [1.807, 2.05) is 30.3 Å². The summed E-state index contributed by atoms with van der Waals surface area (Å²) in [5.41, 5.74) is 0.833. The Kier molecular flexibility index (Phi) is 4.06. The SMILES string of the molecule is O=C(NC(=S)Nc1c(O)ccc2ccccc12)c1ccc2c(c1)OCO2. The first kappa shape index (κ1) is 16.2. The Labute approximate surface area is 154 Å². The van der Waals surface area contributed by atoms with Gasteiger partial charge in [-0.2, -0.15) is 0 Å². The summed E-state index contributed by atoms with van der Waals surface area (Å²) in [4.78, 5) is 12.4. The number of rotatable bonds is 2. The van der Waals surface area contributed by atoms with Gasteiger partial charge in [-0.05, 0) is 41.9 Å². The van der Waals surface area contributed by atoms with Crippen LogP contribution in [0.25, 0.3) is 10.8 Å². The average Bonchev–Trinajstić information content (AvgIpc) is 3.12. The summed E-state index contributed by atoms with van der Waals surface area (Å²) in [6.07, 6.45) is 0. The lowest BCUT2D eigenvalue weighted by Gasteiger charge is -2.13. The second kappa shape index (κ2) is 6.53. The first-order valence-electron chi connectivity index (χ1n) is 7.84. The lowest BCUT2D eigenvalue weighted by molar-refractivity contribution is 0.0977. The number of aromatic hydroxyl groups is 1. The van der Waals surface area contributed by atoms with Crippen molar-refractivity contribution in [2.24, 2.45) is 0 Å². The predicted molar refractivity (Wildman–Crippen MR) is 102 cm³/mol. The molecular weight excluding hydrogens is 352 g/mol. The minimum absolute atomic E-state index is 0.0448. The second-order valence-electron chi connectivity index (χ2n) is 5.66. The average molecular weight is 366 g/mol. The molecule has 0 aliphatic carbocycles. The largest absolute Gasteiger partial charge is 0.506 e. The molecule has 130 valence electrons. The van der Waals surface area contributed by atoms with Crippen molar-refractivity contribution in [3.63, 3.8) is 0 Å². The molecule has 26 heavy (non-hydrogen) atoms. The summed E-state index contributed by atoms with van der Waals surface area (Å²) < 4.78 is 10.5. The van der Waals surface area contributed by atoms with Crippen LogP contribution in [-0.2, 0) is 0 Å². The van der Waals surface area contributed by atoms with Gasteiger partial charge in [0.2, 0.25) is 6.79 Å². The number of ether oxygens (including phenoxy) is 2. The van der Waals surface area contributed by atoms with Crippen LogP contribution in [0.5, 0.6) is 17.2 Å². The third-order valence-corrected chi connectivity index (χ3v) is 4.21. The fourth-order valence-electron chi connectivity index (χ4n) is 2.75. The molecule has 4 rings (SSSR count). The van der Waals surface area contributed by atoms with Crippen molar-refractivity contribution in [3.05, 3.63) is 60.2 Å². The maximum Gasteiger partial charge on any atom is 0.257 e. The number of phenolic OH excluding ortho intramolecular Hbond substituents is 1. The first-order valence-corrected chi connectivity index (χ1v) is 8.25. The van der Waals surface area contributed by atoms with E-state index >= 15 is 0 Å². The van der Waals surface area contributed by atoms with E-state index < -0.39 is 0 Å². The topological polar surface area (TPSA) is 79.8 Å². The van der Waals surface area contributed by atoms with E-state index in [2.05, 4.69) is 10.6 Å². The summed E-state index contributed by atoms with van der Waals surface area (Å²) >= 11 is 5.22. The van der Waals surface area contributed by atoms with E-state index in [1.165, 1.54) is 0 Å². The van der Waals surface area contributed by atoms with Crippen LogP contribution in [0.2, 0.25) is 0 Å². The Hall–Kier alpha value is -3.32. The van der Waals surface area contributed by atoms with Gasteiger partial charge in [0, 0.05) is 10.9 Å². The number of thiocarbonyl (C=S) groups is 1. The van der Waals surface area contributed by atoms with Crippen LogP contribution in [0.3, 0.4) is 0 Å². The summed E-state index contributed by atoms with van der Waals surface area (Å²) in [5, 5.41) is 17.5. The van der Waals surface area contributed by atoms with Gasteiger partial charge in [-0.25, -0.2) is 0 Å². The Morgan fingerprint density at radius 3 is 2.73 bits per heavy atom. The fraction of sp³-hybridized carbons (Fsp3) is 0.0526. The number of fused-ring (bicyclic) bond motifs is 2. The van der Waals surface area contributed by atoms with Crippen LogP contribution in [0.1, 0.15) is 10.4 Å². The molecule has 1 heterocycles. The molecule has 0 bridgehead atoms. The van der Waals surface area contributed by atoms with Gasteiger partial charge in [0.1, 0.15) is 5.75 Å². The zero-order valence-corrected chi connectivity index (χ0v) is 14.3. The van der Waals surface area contributed by atoms with E-state index in [0.29, 0.717) is 22.7 Å². The van der Waals surface area contributed by atoms with Crippen LogP contribution in [0.4, 0.5) is 5.69 Å². The number of hydrogen-bond donors (Lipinski definition) is 3. The zero-order chi connectivity index (χ0) is 18.1. The molecule has 0 aromatic heterocycles. The van der Waals surface area contributed by atoms with Gasteiger partial charge >= 0.3 is 0 Å². The molecular formula is C19H14N2O4S. The third-order valence-electron chi connectivity index (χ3n) is 4.01. The molecule has 3 aromatic rings. The van der Waals surface area contributed by atoms with Gasteiger partial charge in [0.25, 0.3) is 5.91 Å². The van der Waals surface area contributed by atoms with Gasteiger partial charge < -0.3 is 19.9 Å². The molecule has 0 saturated carbocycles. The molecule has 0 atom stereocenters. The van der Waals surface area contributed by atoms with Crippen LogP contribution in [-0.4, -0.2) is 22.9 Å². The summed E-state index contributed by atoms with van der Waals surface area (Å²) in [5.74, 6) is 0.773. The monoisotopic (exact) mass is 366 g/mol. The molecule has 0 spiro atoms. The highest BCUT2D eigenvalue weighted by molar-refractivity contribution is 7.80.